The van der Waals surface area contributed by atoms with Crippen LogP contribution in [-0.2, 0) is 11.3 Å². The summed E-state index contributed by atoms with van der Waals surface area (Å²) < 4.78 is 1.42. The minimum Gasteiger partial charge on any atom is -0.339 e. The van der Waals surface area contributed by atoms with E-state index in [1.54, 1.807) is 46.2 Å². The van der Waals surface area contributed by atoms with E-state index in [-0.39, 0.29) is 24.8 Å². The molecule has 3 aromatic rings. The van der Waals surface area contributed by atoms with Gasteiger partial charge in [-0.25, -0.2) is 4.79 Å². The third-order valence-electron chi connectivity index (χ3n) is 5.39. The Labute approximate surface area is 172 Å². The number of amides is 2. The predicted molar refractivity (Wildman–Crippen MR) is 112 cm³/mol. The van der Waals surface area contributed by atoms with Crippen LogP contribution in [0.5, 0.6) is 0 Å². The predicted octanol–water partition coefficient (Wildman–Crippen LogP) is 1.06. The van der Waals surface area contributed by atoms with Crippen LogP contribution in [0.3, 0.4) is 0 Å². The summed E-state index contributed by atoms with van der Waals surface area (Å²) in [4.78, 5) is 55.1. The highest BCUT2D eigenvalue weighted by atomic mass is 16.2. The van der Waals surface area contributed by atoms with E-state index in [2.05, 4.69) is 4.98 Å². The molecule has 4 rings (SSSR count). The van der Waals surface area contributed by atoms with Gasteiger partial charge in [0.05, 0.1) is 10.9 Å². The Morgan fingerprint density at radius 1 is 0.833 bits per heavy atom. The Bertz CT molecular complexity index is 1190. The highest BCUT2D eigenvalue weighted by Crippen LogP contribution is 2.11. The Balaban J connectivity index is 1.38. The molecule has 30 heavy (non-hydrogen) atoms. The SMILES string of the molecule is O=C(CCn1c(=O)[nH]c(=O)c2ccccc21)N1CCN(C(=O)c2ccccc2)CC1. The van der Waals surface area contributed by atoms with Gasteiger partial charge in [-0.15, -0.1) is 0 Å². The molecule has 154 valence electrons. The fourth-order valence-electron chi connectivity index (χ4n) is 3.75. The van der Waals surface area contributed by atoms with Crippen LogP contribution in [0.4, 0.5) is 0 Å². The fourth-order valence-corrected chi connectivity index (χ4v) is 3.75. The van der Waals surface area contributed by atoms with Crippen LogP contribution >= 0.6 is 0 Å². The second-order valence-corrected chi connectivity index (χ2v) is 7.22. The van der Waals surface area contributed by atoms with E-state index >= 15 is 0 Å². The maximum absolute atomic E-state index is 12.7. The standard InChI is InChI=1S/C22H22N4O4/c27-19(10-11-26-18-9-5-4-8-17(18)20(28)23-22(26)30)24-12-14-25(15-13-24)21(29)16-6-2-1-3-7-16/h1-9H,10-15H2,(H,23,28,30). The molecule has 0 atom stereocenters. The number of piperazine rings is 1. The number of aryl methyl sites for hydroxylation is 1. The van der Waals surface area contributed by atoms with Crippen LogP contribution in [-0.4, -0.2) is 57.3 Å². The quantitative estimate of drug-likeness (QED) is 0.701. The Kier molecular flexibility index (Phi) is 5.47. The summed E-state index contributed by atoms with van der Waals surface area (Å²) >= 11 is 0. The summed E-state index contributed by atoms with van der Waals surface area (Å²) in [6.07, 6.45) is 0.141. The van der Waals surface area contributed by atoms with Gasteiger partial charge in [-0.05, 0) is 24.3 Å². The molecule has 0 radical (unpaired) electrons. The minimum absolute atomic E-state index is 0.0334. The van der Waals surface area contributed by atoms with Gasteiger partial charge in [-0.1, -0.05) is 30.3 Å². The summed E-state index contributed by atoms with van der Waals surface area (Å²) in [7, 11) is 0. The number of hydrogen-bond acceptors (Lipinski definition) is 4. The number of para-hydroxylation sites is 1. The molecule has 0 saturated carbocycles. The van der Waals surface area contributed by atoms with E-state index in [4.69, 9.17) is 0 Å². The number of carbonyl (C=O) groups excluding carboxylic acids is 2. The van der Waals surface area contributed by atoms with Crippen molar-refractivity contribution in [1.29, 1.82) is 0 Å². The lowest BCUT2D eigenvalue weighted by molar-refractivity contribution is -0.132. The van der Waals surface area contributed by atoms with Crippen LogP contribution in [0.15, 0.2) is 64.2 Å². The molecule has 2 aromatic carbocycles. The fraction of sp³-hybridized carbons (Fsp3) is 0.273. The molecule has 0 unspecified atom stereocenters. The number of nitrogens with zero attached hydrogens (tertiary/aromatic N) is 3. The highest BCUT2D eigenvalue weighted by molar-refractivity contribution is 5.94. The number of benzene rings is 2. The maximum Gasteiger partial charge on any atom is 0.328 e. The van der Waals surface area contributed by atoms with E-state index < -0.39 is 11.2 Å². The smallest absolute Gasteiger partial charge is 0.328 e. The molecule has 1 N–H and O–H groups in total. The number of aromatic nitrogens is 2. The van der Waals surface area contributed by atoms with Gasteiger partial charge in [0.15, 0.2) is 0 Å². The second-order valence-electron chi connectivity index (χ2n) is 7.22. The van der Waals surface area contributed by atoms with Gasteiger partial charge in [-0.2, -0.15) is 0 Å². The topological polar surface area (TPSA) is 95.5 Å². The van der Waals surface area contributed by atoms with Crippen molar-refractivity contribution in [2.24, 2.45) is 0 Å². The van der Waals surface area contributed by atoms with E-state index in [0.29, 0.717) is 42.6 Å². The minimum atomic E-state index is -0.523. The molecule has 8 heteroatoms. The zero-order chi connectivity index (χ0) is 21.1. The number of H-pyrrole nitrogens is 1. The number of rotatable bonds is 4. The van der Waals surface area contributed by atoms with Crippen LogP contribution in [0, 0.1) is 0 Å². The molecule has 1 aliphatic rings. The van der Waals surface area contributed by atoms with Crippen molar-refractivity contribution in [1.82, 2.24) is 19.4 Å². The number of carbonyl (C=O) groups is 2. The van der Waals surface area contributed by atoms with Gasteiger partial charge >= 0.3 is 5.69 Å². The zero-order valence-electron chi connectivity index (χ0n) is 16.4. The molecule has 0 bridgehead atoms. The van der Waals surface area contributed by atoms with Gasteiger partial charge in [0.1, 0.15) is 0 Å². The van der Waals surface area contributed by atoms with Gasteiger partial charge in [0, 0.05) is 44.7 Å². The third kappa shape index (κ3) is 3.89. The molecule has 2 heterocycles. The van der Waals surface area contributed by atoms with Crippen molar-refractivity contribution in [3.63, 3.8) is 0 Å². The summed E-state index contributed by atoms with van der Waals surface area (Å²) in [5, 5.41) is 0.414. The number of hydrogen-bond donors (Lipinski definition) is 1. The van der Waals surface area contributed by atoms with Crippen molar-refractivity contribution in [2.45, 2.75) is 13.0 Å². The Morgan fingerprint density at radius 2 is 1.47 bits per heavy atom. The third-order valence-corrected chi connectivity index (χ3v) is 5.39. The molecule has 1 aromatic heterocycles. The van der Waals surface area contributed by atoms with Crippen LogP contribution in [0.25, 0.3) is 10.9 Å². The molecule has 2 amide bonds. The molecular formula is C22H22N4O4. The average molecular weight is 406 g/mol. The second kappa shape index (κ2) is 8.36. The van der Waals surface area contributed by atoms with Crippen molar-refractivity contribution >= 4 is 22.7 Å². The first-order valence-corrected chi connectivity index (χ1v) is 9.88. The van der Waals surface area contributed by atoms with Crippen molar-refractivity contribution in [3.8, 4) is 0 Å². The molecular weight excluding hydrogens is 384 g/mol. The molecule has 0 aliphatic carbocycles. The van der Waals surface area contributed by atoms with E-state index in [1.807, 2.05) is 18.2 Å². The van der Waals surface area contributed by atoms with Crippen LogP contribution in [0.2, 0.25) is 0 Å². The summed E-state index contributed by atoms with van der Waals surface area (Å²) in [6.45, 7) is 2.04. The first kappa shape index (κ1) is 19.6. The van der Waals surface area contributed by atoms with E-state index in [0.717, 1.165) is 0 Å². The van der Waals surface area contributed by atoms with Gasteiger partial charge in [0.2, 0.25) is 5.91 Å². The van der Waals surface area contributed by atoms with Crippen LogP contribution < -0.4 is 11.2 Å². The average Bonchev–Trinajstić information content (AvgIpc) is 2.79. The van der Waals surface area contributed by atoms with Crippen LogP contribution in [0.1, 0.15) is 16.8 Å². The first-order valence-electron chi connectivity index (χ1n) is 9.88. The number of nitrogens with one attached hydrogen (secondary N) is 1. The normalized spacial score (nSPS) is 14.1. The molecule has 1 fully saturated rings. The van der Waals surface area contributed by atoms with Crippen molar-refractivity contribution in [2.75, 3.05) is 26.2 Å². The van der Waals surface area contributed by atoms with Gasteiger partial charge in [-0.3, -0.25) is 23.9 Å². The summed E-state index contributed by atoms with van der Waals surface area (Å²) in [5.74, 6) is -0.113. The lowest BCUT2D eigenvalue weighted by atomic mass is 10.2. The van der Waals surface area contributed by atoms with Crippen molar-refractivity contribution in [3.05, 3.63) is 81.0 Å². The molecule has 0 spiro atoms. The summed E-state index contributed by atoms with van der Waals surface area (Å²) in [6, 6.07) is 15.9. The van der Waals surface area contributed by atoms with Gasteiger partial charge < -0.3 is 9.80 Å². The van der Waals surface area contributed by atoms with Crippen molar-refractivity contribution < 1.29 is 9.59 Å². The molecule has 1 aliphatic heterocycles. The van der Waals surface area contributed by atoms with E-state index in [1.165, 1.54) is 4.57 Å². The lowest BCUT2D eigenvalue weighted by Gasteiger charge is -2.35. The van der Waals surface area contributed by atoms with Gasteiger partial charge in [0.25, 0.3) is 11.5 Å². The summed E-state index contributed by atoms with van der Waals surface area (Å²) in [5.41, 5.74) is 0.195. The number of fused-ring (bicyclic) bond motifs is 1. The lowest BCUT2D eigenvalue weighted by Crippen LogP contribution is -2.50. The molecule has 1 saturated heterocycles. The van der Waals surface area contributed by atoms with E-state index in [9.17, 15) is 19.2 Å². The Morgan fingerprint density at radius 3 is 2.20 bits per heavy atom. The first-order chi connectivity index (χ1) is 14.5. The number of aromatic amines is 1. The zero-order valence-corrected chi connectivity index (χ0v) is 16.4. The maximum atomic E-state index is 12.7. The largest absolute Gasteiger partial charge is 0.339 e. The monoisotopic (exact) mass is 406 g/mol. The Hall–Kier alpha value is -3.68. The highest BCUT2D eigenvalue weighted by Gasteiger charge is 2.24. The molecule has 8 nitrogen and oxygen atoms in total.